The maximum atomic E-state index is 12.3. The third-order valence-electron chi connectivity index (χ3n) is 3.26. The van der Waals surface area contributed by atoms with E-state index < -0.39 is 0 Å². The van der Waals surface area contributed by atoms with Crippen LogP contribution in [0.4, 0.5) is 5.69 Å². The molecule has 1 aromatic carbocycles. The lowest BCUT2D eigenvalue weighted by molar-refractivity contribution is -0.112. The van der Waals surface area contributed by atoms with Gasteiger partial charge in [-0.05, 0) is 30.5 Å². The summed E-state index contributed by atoms with van der Waals surface area (Å²) >= 11 is 2.88. The Bertz CT molecular complexity index is 898. The van der Waals surface area contributed by atoms with E-state index in [2.05, 4.69) is 21.9 Å². The molecule has 3 aromatic rings. The van der Waals surface area contributed by atoms with Crippen LogP contribution in [-0.4, -0.2) is 15.9 Å². The predicted octanol–water partition coefficient (Wildman–Crippen LogP) is 5.08. The Morgan fingerprint density at radius 2 is 2.25 bits per heavy atom. The minimum atomic E-state index is -0.145. The van der Waals surface area contributed by atoms with Crippen LogP contribution in [0.5, 0.6) is 0 Å². The molecule has 0 atom stereocenters. The molecule has 0 saturated heterocycles. The number of thiazole rings is 1. The normalized spacial score (nSPS) is 11.5. The Kier molecular flexibility index (Phi) is 5.08. The number of benzene rings is 1. The lowest BCUT2D eigenvalue weighted by atomic mass is 10.2. The molecule has 1 amide bonds. The number of hydrogen-bond donors (Lipinski definition) is 1. The highest BCUT2D eigenvalue weighted by atomic mass is 32.2. The van der Waals surface area contributed by atoms with Gasteiger partial charge in [0.15, 0.2) is 0 Å². The van der Waals surface area contributed by atoms with E-state index in [1.54, 1.807) is 29.0 Å². The molecule has 0 aliphatic heterocycles. The van der Waals surface area contributed by atoms with Crippen LogP contribution < -0.4 is 5.32 Å². The number of nitrogens with zero attached hydrogens (tertiary/aromatic N) is 2. The summed E-state index contributed by atoms with van der Waals surface area (Å²) in [5.41, 5.74) is 2.63. The number of thioether (sulfide) groups is 1. The van der Waals surface area contributed by atoms with E-state index in [4.69, 9.17) is 0 Å². The third kappa shape index (κ3) is 3.55. The topological polar surface area (TPSA) is 54.9 Å². The summed E-state index contributed by atoms with van der Waals surface area (Å²) in [5.74, 6) is -0.145. The molecule has 0 unspecified atom stereocenters. The number of aromatic nitrogens is 2. The maximum Gasteiger partial charge on any atom is 0.262 e. The average Bonchev–Trinajstić information content (AvgIpc) is 3.04. The van der Waals surface area contributed by atoms with Gasteiger partial charge in [-0.15, -0.1) is 11.3 Å². The molecule has 6 heteroatoms. The SMILES string of the molecule is C=CS/C(=C\C)C(=O)Nc1cccc(-c2nc3ccncc3s2)c1. The first-order chi connectivity index (χ1) is 11.7. The van der Waals surface area contributed by atoms with E-state index in [0.29, 0.717) is 4.91 Å². The van der Waals surface area contributed by atoms with Crippen LogP contribution in [-0.2, 0) is 4.79 Å². The van der Waals surface area contributed by atoms with Gasteiger partial charge in [-0.1, -0.05) is 36.5 Å². The Labute approximate surface area is 148 Å². The van der Waals surface area contributed by atoms with Crippen molar-refractivity contribution >= 4 is 44.9 Å². The Hall–Kier alpha value is -2.44. The second kappa shape index (κ2) is 7.42. The van der Waals surface area contributed by atoms with E-state index in [0.717, 1.165) is 26.5 Å². The van der Waals surface area contributed by atoms with Gasteiger partial charge in [-0.25, -0.2) is 4.98 Å². The summed E-state index contributed by atoms with van der Waals surface area (Å²) in [7, 11) is 0. The van der Waals surface area contributed by atoms with Crippen molar-refractivity contribution in [2.45, 2.75) is 6.92 Å². The molecule has 0 fully saturated rings. The minimum Gasteiger partial charge on any atom is -0.322 e. The van der Waals surface area contributed by atoms with Gasteiger partial charge in [0.2, 0.25) is 0 Å². The molecular weight excluding hydrogens is 338 g/mol. The first-order valence-corrected chi connectivity index (χ1v) is 8.97. The summed E-state index contributed by atoms with van der Waals surface area (Å²) in [6.07, 6.45) is 5.32. The monoisotopic (exact) mass is 353 g/mol. The summed E-state index contributed by atoms with van der Waals surface area (Å²) < 4.78 is 1.04. The minimum absolute atomic E-state index is 0.145. The van der Waals surface area contributed by atoms with E-state index in [1.165, 1.54) is 11.8 Å². The highest BCUT2D eigenvalue weighted by molar-refractivity contribution is 8.06. The van der Waals surface area contributed by atoms with Crippen molar-refractivity contribution in [3.05, 3.63) is 65.7 Å². The molecule has 0 saturated carbocycles. The van der Waals surface area contributed by atoms with Crippen LogP contribution in [0, 0.1) is 0 Å². The van der Waals surface area contributed by atoms with Crippen LogP contribution in [0.2, 0.25) is 0 Å². The average molecular weight is 353 g/mol. The number of fused-ring (bicyclic) bond motifs is 1. The zero-order valence-corrected chi connectivity index (χ0v) is 14.7. The molecule has 0 bridgehead atoms. The van der Waals surface area contributed by atoms with Gasteiger partial charge in [-0.2, -0.15) is 0 Å². The van der Waals surface area contributed by atoms with Crippen molar-refractivity contribution in [1.29, 1.82) is 0 Å². The number of anilines is 1. The number of pyridine rings is 1. The number of allylic oxidation sites excluding steroid dienone is 1. The highest BCUT2D eigenvalue weighted by Crippen LogP contribution is 2.31. The standard InChI is InChI=1S/C18H15N3OS2/c1-3-15(23-4-2)17(22)20-13-7-5-6-12(10-13)18-21-14-8-9-19-11-16(14)24-18/h3-11H,2H2,1H3,(H,20,22)/b15-3-. The molecule has 1 N–H and O–H groups in total. The lowest BCUT2D eigenvalue weighted by Gasteiger charge is -2.07. The molecule has 120 valence electrons. The van der Waals surface area contributed by atoms with Crippen molar-refractivity contribution in [3.63, 3.8) is 0 Å². The zero-order valence-electron chi connectivity index (χ0n) is 13.0. The van der Waals surface area contributed by atoms with Crippen molar-refractivity contribution in [1.82, 2.24) is 9.97 Å². The zero-order chi connectivity index (χ0) is 16.9. The summed E-state index contributed by atoms with van der Waals surface area (Å²) in [4.78, 5) is 21.6. The van der Waals surface area contributed by atoms with Gasteiger partial charge < -0.3 is 5.32 Å². The summed E-state index contributed by atoms with van der Waals surface area (Å²) in [5, 5.41) is 5.45. The molecule has 0 radical (unpaired) electrons. The molecule has 0 aliphatic carbocycles. The number of nitrogens with one attached hydrogen (secondary N) is 1. The second-order valence-corrected chi connectivity index (χ2v) is 6.87. The Morgan fingerprint density at radius 1 is 1.38 bits per heavy atom. The fraction of sp³-hybridized carbons (Fsp3) is 0.0556. The smallest absolute Gasteiger partial charge is 0.262 e. The molecule has 2 heterocycles. The van der Waals surface area contributed by atoms with Gasteiger partial charge in [0.1, 0.15) is 5.01 Å². The number of amides is 1. The number of carbonyl (C=O) groups excluding carboxylic acids is 1. The molecule has 0 spiro atoms. The van der Waals surface area contributed by atoms with Gasteiger partial charge in [0, 0.05) is 23.6 Å². The van der Waals surface area contributed by atoms with E-state index in [9.17, 15) is 4.79 Å². The van der Waals surface area contributed by atoms with Gasteiger partial charge in [0.05, 0.1) is 15.1 Å². The van der Waals surface area contributed by atoms with Gasteiger partial charge in [0.25, 0.3) is 5.91 Å². The lowest BCUT2D eigenvalue weighted by Crippen LogP contribution is -2.12. The number of hydrogen-bond acceptors (Lipinski definition) is 5. The van der Waals surface area contributed by atoms with Crippen molar-refractivity contribution in [2.24, 2.45) is 0 Å². The van der Waals surface area contributed by atoms with Crippen molar-refractivity contribution < 1.29 is 4.79 Å². The van der Waals surface area contributed by atoms with E-state index in [1.807, 2.05) is 43.5 Å². The second-order valence-electron chi connectivity index (χ2n) is 4.83. The third-order valence-corrected chi connectivity index (χ3v) is 5.15. The fourth-order valence-corrected chi connectivity index (χ4v) is 3.57. The number of carbonyl (C=O) groups is 1. The van der Waals surface area contributed by atoms with E-state index in [-0.39, 0.29) is 5.91 Å². The Balaban J connectivity index is 1.86. The first-order valence-electron chi connectivity index (χ1n) is 7.27. The van der Waals surface area contributed by atoms with Crippen LogP contribution in [0.1, 0.15) is 6.92 Å². The van der Waals surface area contributed by atoms with E-state index >= 15 is 0 Å². The Morgan fingerprint density at radius 3 is 3.00 bits per heavy atom. The van der Waals surface area contributed by atoms with Gasteiger partial charge >= 0.3 is 0 Å². The quantitative estimate of drug-likeness (QED) is 0.650. The van der Waals surface area contributed by atoms with Crippen LogP contribution in [0.3, 0.4) is 0 Å². The molecule has 24 heavy (non-hydrogen) atoms. The predicted molar refractivity (Wildman–Crippen MR) is 103 cm³/mol. The van der Waals surface area contributed by atoms with Gasteiger partial charge in [-0.3, -0.25) is 9.78 Å². The molecule has 3 rings (SSSR count). The molecule has 0 aliphatic rings. The van der Waals surface area contributed by atoms with Crippen LogP contribution in [0.15, 0.2) is 65.7 Å². The summed E-state index contributed by atoms with van der Waals surface area (Å²) in [6, 6.07) is 9.57. The van der Waals surface area contributed by atoms with Crippen molar-refractivity contribution in [3.8, 4) is 10.6 Å². The maximum absolute atomic E-state index is 12.3. The van der Waals surface area contributed by atoms with Crippen LogP contribution in [0.25, 0.3) is 20.8 Å². The first kappa shape index (κ1) is 16.4. The van der Waals surface area contributed by atoms with Crippen LogP contribution >= 0.6 is 23.1 Å². The van der Waals surface area contributed by atoms with Crippen molar-refractivity contribution in [2.75, 3.05) is 5.32 Å². The molecular formula is C18H15N3OS2. The summed E-state index contributed by atoms with van der Waals surface area (Å²) in [6.45, 7) is 5.47. The largest absolute Gasteiger partial charge is 0.322 e. The highest BCUT2D eigenvalue weighted by Gasteiger charge is 2.10. The molecule has 2 aromatic heterocycles. The molecule has 4 nitrogen and oxygen atoms in total. The fourth-order valence-electron chi connectivity index (χ4n) is 2.17. The number of rotatable bonds is 5.